The third kappa shape index (κ3) is 5.42. The fraction of sp³-hybridized carbons (Fsp3) is 0.391. The number of anilines is 1. The number of fused-ring (bicyclic) bond motifs is 1. The number of unbranched alkanes of at least 4 members (excludes halogenated alkanes) is 3. The maximum absolute atomic E-state index is 12.8. The number of tetrazole rings is 1. The minimum atomic E-state index is -0.513. The van der Waals surface area contributed by atoms with E-state index >= 15 is 0 Å². The summed E-state index contributed by atoms with van der Waals surface area (Å²) in [5, 5.41) is 16.8. The molecular weight excluding hydrogens is 410 g/mol. The van der Waals surface area contributed by atoms with Crippen LogP contribution in [0.2, 0.25) is 0 Å². The smallest absolute Gasteiger partial charge is 0.255 e. The topological polar surface area (TPSA) is 111 Å². The molecule has 1 unspecified atom stereocenters. The third-order valence-electron chi connectivity index (χ3n) is 5.15. The van der Waals surface area contributed by atoms with Crippen LogP contribution in [0, 0.1) is 0 Å². The van der Waals surface area contributed by atoms with Gasteiger partial charge in [-0.2, -0.15) is 5.21 Å². The van der Waals surface area contributed by atoms with Crippen molar-refractivity contribution in [1.82, 2.24) is 20.6 Å². The van der Waals surface area contributed by atoms with Crippen molar-refractivity contribution < 1.29 is 19.0 Å². The Morgan fingerprint density at radius 1 is 1.19 bits per heavy atom. The zero-order chi connectivity index (χ0) is 22.2. The molecule has 3 aromatic rings. The van der Waals surface area contributed by atoms with Gasteiger partial charge in [0, 0.05) is 12.2 Å². The van der Waals surface area contributed by atoms with E-state index in [-0.39, 0.29) is 12.5 Å². The molecule has 1 amide bonds. The first-order valence-corrected chi connectivity index (χ1v) is 10.9. The zero-order valence-electron chi connectivity index (χ0n) is 18.0. The molecule has 168 valence electrons. The number of carbonyl (C=O) groups is 1. The van der Waals surface area contributed by atoms with E-state index in [9.17, 15) is 4.79 Å². The number of hydrogen-bond donors (Lipinski definition) is 2. The Balaban J connectivity index is 1.35. The highest BCUT2D eigenvalue weighted by Crippen LogP contribution is 2.41. The van der Waals surface area contributed by atoms with Crippen molar-refractivity contribution in [2.24, 2.45) is 0 Å². The standard InChI is InChI=1S/C23H27N5O4/c1-2-3-4-5-13-30-14-16-9-11-17(12-10-16)23(29)24-18-7-6-8-19-21(18)32-20(15-31-19)22-25-27-28-26-22/h6-12,20H,2-5,13-15H2,1H3,(H,24,29)(H,25,26,27,28). The van der Waals surface area contributed by atoms with Crippen LogP contribution in [0.15, 0.2) is 42.5 Å². The first-order chi connectivity index (χ1) is 15.7. The number of hydrogen-bond acceptors (Lipinski definition) is 7. The van der Waals surface area contributed by atoms with Gasteiger partial charge in [0.15, 0.2) is 17.6 Å². The number of ether oxygens (including phenoxy) is 3. The summed E-state index contributed by atoms with van der Waals surface area (Å²) in [4.78, 5) is 12.8. The Hall–Kier alpha value is -3.46. The summed E-state index contributed by atoms with van der Waals surface area (Å²) >= 11 is 0. The first kappa shape index (κ1) is 21.8. The van der Waals surface area contributed by atoms with Gasteiger partial charge >= 0.3 is 0 Å². The molecule has 2 heterocycles. The molecule has 9 nitrogen and oxygen atoms in total. The average molecular weight is 438 g/mol. The number of carbonyl (C=O) groups excluding carboxylic acids is 1. The van der Waals surface area contributed by atoms with E-state index in [2.05, 4.69) is 32.9 Å². The van der Waals surface area contributed by atoms with Gasteiger partial charge < -0.3 is 19.5 Å². The molecule has 1 aliphatic heterocycles. The predicted octanol–water partition coefficient (Wildman–Crippen LogP) is 4.06. The van der Waals surface area contributed by atoms with Crippen molar-refractivity contribution in [3.05, 3.63) is 59.4 Å². The molecule has 0 saturated carbocycles. The Morgan fingerprint density at radius 2 is 2.06 bits per heavy atom. The molecule has 1 aliphatic rings. The van der Waals surface area contributed by atoms with Gasteiger partial charge in [0.25, 0.3) is 5.91 Å². The van der Waals surface area contributed by atoms with Crippen LogP contribution < -0.4 is 14.8 Å². The molecule has 1 atom stereocenters. The number of H-pyrrole nitrogens is 1. The van der Waals surface area contributed by atoms with Crippen LogP contribution in [0.5, 0.6) is 11.5 Å². The summed E-state index contributed by atoms with van der Waals surface area (Å²) in [6, 6.07) is 12.8. The van der Waals surface area contributed by atoms with E-state index in [0.717, 1.165) is 18.6 Å². The maximum Gasteiger partial charge on any atom is 0.255 e. The van der Waals surface area contributed by atoms with Crippen molar-refractivity contribution in [2.45, 2.75) is 45.3 Å². The highest BCUT2D eigenvalue weighted by Gasteiger charge is 2.28. The van der Waals surface area contributed by atoms with E-state index < -0.39 is 6.10 Å². The molecule has 0 fully saturated rings. The Labute approximate surface area is 186 Å². The van der Waals surface area contributed by atoms with E-state index in [4.69, 9.17) is 14.2 Å². The van der Waals surface area contributed by atoms with Gasteiger partial charge in [0.1, 0.15) is 6.61 Å². The lowest BCUT2D eigenvalue weighted by Crippen LogP contribution is -2.24. The number of para-hydroxylation sites is 1. The number of amides is 1. The number of benzene rings is 2. The molecule has 1 aromatic heterocycles. The van der Waals surface area contributed by atoms with Gasteiger partial charge in [-0.3, -0.25) is 4.79 Å². The SMILES string of the molecule is CCCCCCOCc1ccc(C(=O)Nc2cccc3c2OC(c2nn[nH]n2)CO3)cc1. The molecule has 2 N–H and O–H groups in total. The molecular formula is C23H27N5O4. The molecule has 4 rings (SSSR count). The first-order valence-electron chi connectivity index (χ1n) is 10.9. The lowest BCUT2D eigenvalue weighted by Gasteiger charge is -2.26. The summed E-state index contributed by atoms with van der Waals surface area (Å²) in [6.07, 6.45) is 4.22. The summed E-state index contributed by atoms with van der Waals surface area (Å²) in [7, 11) is 0. The maximum atomic E-state index is 12.8. The van der Waals surface area contributed by atoms with Crippen LogP contribution in [-0.4, -0.2) is 39.7 Å². The molecule has 9 heteroatoms. The molecule has 0 saturated heterocycles. The lowest BCUT2D eigenvalue weighted by molar-refractivity contribution is 0.0856. The van der Waals surface area contributed by atoms with Gasteiger partial charge in [0.05, 0.1) is 12.3 Å². The Morgan fingerprint density at radius 3 is 2.84 bits per heavy atom. The number of aromatic nitrogens is 4. The van der Waals surface area contributed by atoms with Crippen LogP contribution >= 0.6 is 0 Å². The summed E-state index contributed by atoms with van der Waals surface area (Å²) in [6.45, 7) is 3.75. The van der Waals surface area contributed by atoms with Crippen molar-refractivity contribution in [3.63, 3.8) is 0 Å². The normalized spacial score (nSPS) is 14.8. The van der Waals surface area contributed by atoms with Crippen LogP contribution in [-0.2, 0) is 11.3 Å². The van der Waals surface area contributed by atoms with Crippen LogP contribution in [0.1, 0.15) is 60.5 Å². The highest BCUT2D eigenvalue weighted by atomic mass is 16.6. The van der Waals surface area contributed by atoms with Crippen LogP contribution in [0.25, 0.3) is 0 Å². The van der Waals surface area contributed by atoms with Crippen molar-refractivity contribution in [2.75, 3.05) is 18.5 Å². The monoisotopic (exact) mass is 437 g/mol. The van der Waals surface area contributed by atoms with Crippen molar-refractivity contribution >= 4 is 11.6 Å². The summed E-state index contributed by atoms with van der Waals surface area (Å²) in [5.41, 5.74) is 2.09. The quantitative estimate of drug-likeness (QED) is 0.460. The van der Waals surface area contributed by atoms with Gasteiger partial charge in [-0.25, -0.2) is 0 Å². The van der Waals surface area contributed by atoms with Crippen LogP contribution in [0.4, 0.5) is 5.69 Å². The largest absolute Gasteiger partial charge is 0.485 e. The molecule has 0 radical (unpaired) electrons. The molecule has 0 aliphatic carbocycles. The number of rotatable bonds is 10. The molecule has 0 bridgehead atoms. The molecule has 32 heavy (non-hydrogen) atoms. The number of nitrogens with zero attached hydrogens (tertiary/aromatic N) is 3. The predicted molar refractivity (Wildman–Crippen MR) is 118 cm³/mol. The third-order valence-corrected chi connectivity index (χ3v) is 5.15. The fourth-order valence-electron chi connectivity index (χ4n) is 3.39. The average Bonchev–Trinajstić information content (AvgIpc) is 3.37. The molecule has 0 spiro atoms. The minimum absolute atomic E-state index is 0.240. The van der Waals surface area contributed by atoms with Gasteiger partial charge in [0.2, 0.25) is 5.82 Å². The van der Waals surface area contributed by atoms with Crippen molar-refractivity contribution in [1.29, 1.82) is 0 Å². The molecule has 2 aromatic carbocycles. The Kier molecular flexibility index (Phi) is 7.29. The summed E-state index contributed by atoms with van der Waals surface area (Å²) in [5.74, 6) is 1.14. The summed E-state index contributed by atoms with van der Waals surface area (Å²) < 4.78 is 17.5. The van der Waals surface area contributed by atoms with Gasteiger partial charge in [-0.05, 0) is 36.2 Å². The van der Waals surface area contributed by atoms with E-state index in [1.807, 2.05) is 12.1 Å². The second-order valence-electron chi connectivity index (χ2n) is 7.58. The fourth-order valence-corrected chi connectivity index (χ4v) is 3.39. The lowest BCUT2D eigenvalue weighted by atomic mass is 10.1. The number of nitrogens with one attached hydrogen (secondary N) is 2. The van der Waals surface area contributed by atoms with Crippen LogP contribution in [0.3, 0.4) is 0 Å². The van der Waals surface area contributed by atoms with E-state index in [1.54, 1.807) is 30.3 Å². The zero-order valence-corrected chi connectivity index (χ0v) is 18.0. The second-order valence-corrected chi connectivity index (χ2v) is 7.58. The minimum Gasteiger partial charge on any atom is -0.485 e. The number of aromatic amines is 1. The second kappa shape index (κ2) is 10.7. The van der Waals surface area contributed by atoms with Gasteiger partial charge in [-0.15, -0.1) is 10.2 Å². The van der Waals surface area contributed by atoms with E-state index in [0.29, 0.717) is 35.2 Å². The van der Waals surface area contributed by atoms with Gasteiger partial charge in [-0.1, -0.05) is 49.6 Å². The van der Waals surface area contributed by atoms with E-state index in [1.165, 1.54) is 19.3 Å². The Bertz CT molecular complexity index is 1010. The highest BCUT2D eigenvalue weighted by molar-refractivity contribution is 6.05. The van der Waals surface area contributed by atoms with Crippen molar-refractivity contribution in [3.8, 4) is 11.5 Å².